The Balaban J connectivity index is 2.17. The van der Waals surface area contributed by atoms with Crippen LogP contribution in [0.5, 0.6) is 0 Å². The molecule has 0 aromatic rings. The maximum atomic E-state index is 13.4. The number of hydrogen-bond donors (Lipinski definition) is 3. The largest absolute Gasteiger partial charge is 0.459 e. The first-order chi connectivity index (χ1) is 21.5. The molecule has 2 saturated carbocycles. The number of aliphatic hydroxyl groups is 3. The van der Waals surface area contributed by atoms with E-state index in [0.29, 0.717) is 19.3 Å². The van der Waals surface area contributed by atoms with Crippen molar-refractivity contribution in [3.8, 4) is 0 Å². The van der Waals surface area contributed by atoms with E-state index < -0.39 is 95.1 Å². The number of rotatable bonds is 14. The van der Waals surface area contributed by atoms with Crippen LogP contribution in [0.25, 0.3) is 0 Å². The summed E-state index contributed by atoms with van der Waals surface area (Å²) >= 11 is 0. The van der Waals surface area contributed by atoms with Crippen molar-refractivity contribution in [1.82, 2.24) is 0 Å². The Hall–Kier alpha value is -2.28. The van der Waals surface area contributed by atoms with E-state index in [1.165, 1.54) is 13.8 Å². The lowest BCUT2D eigenvalue weighted by Gasteiger charge is -2.44. The lowest BCUT2D eigenvalue weighted by molar-refractivity contribution is -0.228. The van der Waals surface area contributed by atoms with Crippen LogP contribution < -0.4 is 0 Å². The summed E-state index contributed by atoms with van der Waals surface area (Å²) in [7, 11) is 0. The predicted octanol–water partition coefficient (Wildman–Crippen LogP) is 3.74. The highest BCUT2D eigenvalue weighted by atomic mass is 16.7. The molecule has 0 amide bonds. The highest BCUT2D eigenvalue weighted by Crippen LogP contribution is 2.60. The minimum Gasteiger partial charge on any atom is -0.459 e. The van der Waals surface area contributed by atoms with E-state index in [1.54, 1.807) is 27.7 Å². The van der Waals surface area contributed by atoms with Gasteiger partial charge in [0.15, 0.2) is 11.9 Å². The van der Waals surface area contributed by atoms with Gasteiger partial charge < -0.3 is 39.0 Å². The van der Waals surface area contributed by atoms with E-state index in [0.717, 1.165) is 25.7 Å². The average Bonchev–Trinajstić information content (AvgIpc) is 3.30. The molecular weight excluding hydrogens is 600 g/mol. The zero-order chi connectivity index (χ0) is 34.6. The maximum Gasteiger partial charge on any atom is 0.309 e. The summed E-state index contributed by atoms with van der Waals surface area (Å²) < 4.78 is 29.9. The Morgan fingerprint density at radius 2 is 1.52 bits per heavy atom. The van der Waals surface area contributed by atoms with E-state index in [9.17, 15) is 34.5 Å². The van der Waals surface area contributed by atoms with Crippen LogP contribution in [0.4, 0.5) is 0 Å². The van der Waals surface area contributed by atoms with E-state index in [2.05, 4.69) is 6.92 Å². The van der Waals surface area contributed by atoms with Gasteiger partial charge in [0, 0.05) is 43.9 Å². The zero-order valence-electron chi connectivity index (χ0n) is 28.8. The normalized spacial score (nSPS) is 39.0. The van der Waals surface area contributed by atoms with Gasteiger partial charge in [0.2, 0.25) is 0 Å². The number of aliphatic hydroxyl groups excluding tert-OH is 1. The Morgan fingerprint density at radius 1 is 0.891 bits per heavy atom. The van der Waals surface area contributed by atoms with E-state index in [4.69, 9.17) is 23.7 Å². The topological polar surface area (TPSA) is 175 Å². The van der Waals surface area contributed by atoms with Crippen molar-refractivity contribution in [3.63, 3.8) is 0 Å². The fourth-order valence-corrected chi connectivity index (χ4v) is 7.71. The van der Waals surface area contributed by atoms with Gasteiger partial charge in [-0.25, -0.2) is 0 Å². The van der Waals surface area contributed by atoms with Crippen LogP contribution in [-0.2, 0) is 42.9 Å². The van der Waals surface area contributed by atoms with Gasteiger partial charge in [-0.05, 0) is 33.1 Å². The lowest BCUT2D eigenvalue weighted by Crippen LogP contribution is -2.66. The summed E-state index contributed by atoms with van der Waals surface area (Å²) in [5.41, 5.74) is -6.30. The number of hydrogen-bond acceptors (Lipinski definition) is 12. The Labute approximate surface area is 272 Å². The molecule has 1 aliphatic heterocycles. The van der Waals surface area contributed by atoms with Crippen molar-refractivity contribution in [2.24, 2.45) is 23.7 Å². The lowest BCUT2D eigenvalue weighted by atomic mass is 9.71. The predicted molar refractivity (Wildman–Crippen MR) is 165 cm³/mol. The van der Waals surface area contributed by atoms with Crippen molar-refractivity contribution >= 4 is 23.9 Å². The second-order valence-corrected chi connectivity index (χ2v) is 14.0. The SMILES string of the molecule is CCCCCCCC(=O)O[C@@H]1[C@@H](OC(=O)[C@H](C)CC)[C@@H](C)[C@@H]2[C@H]1[C@@](C)(OC(C)=O)C[C@H](OC(=O)CCC)[C@@]1(O)[C@H]2O[C@@H](O)[C@@]1(C)O. The molecule has 12 atom stereocenters. The van der Waals surface area contributed by atoms with Crippen LogP contribution in [0.15, 0.2) is 0 Å². The van der Waals surface area contributed by atoms with Gasteiger partial charge in [-0.2, -0.15) is 0 Å². The second-order valence-electron chi connectivity index (χ2n) is 14.0. The molecule has 0 unspecified atom stereocenters. The van der Waals surface area contributed by atoms with Crippen LogP contribution in [0.3, 0.4) is 0 Å². The molecule has 0 aromatic carbocycles. The van der Waals surface area contributed by atoms with Gasteiger partial charge in [-0.1, -0.05) is 60.3 Å². The summed E-state index contributed by atoms with van der Waals surface area (Å²) in [5, 5.41) is 35.0. The van der Waals surface area contributed by atoms with Gasteiger partial charge >= 0.3 is 23.9 Å². The van der Waals surface area contributed by atoms with Gasteiger partial charge in [-0.15, -0.1) is 0 Å². The molecule has 0 spiro atoms. The van der Waals surface area contributed by atoms with E-state index in [1.807, 2.05) is 6.92 Å². The smallest absolute Gasteiger partial charge is 0.309 e. The second kappa shape index (κ2) is 15.3. The minimum atomic E-state index is -2.39. The number of unbranched alkanes of at least 4 members (excludes halogenated alkanes) is 4. The molecule has 12 heteroatoms. The summed E-state index contributed by atoms with van der Waals surface area (Å²) in [6, 6.07) is 0. The molecule has 3 fully saturated rings. The van der Waals surface area contributed by atoms with Gasteiger partial charge in [0.1, 0.15) is 29.5 Å². The monoisotopic (exact) mass is 656 g/mol. The molecule has 46 heavy (non-hydrogen) atoms. The fourth-order valence-electron chi connectivity index (χ4n) is 7.71. The van der Waals surface area contributed by atoms with Crippen molar-refractivity contribution in [1.29, 1.82) is 0 Å². The van der Waals surface area contributed by atoms with Gasteiger partial charge in [0.25, 0.3) is 0 Å². The summed E-state index contributed by atoms with van der Waals surface area (Å²) in [6.07, 6.45) is -1.68. The molecule has 12 nitrogen and oxygen atoms in total. The molecule has 1 heterocycles. The molecular formula is C34H56O12. The first-order valence-corrected chi connectivity index (χ1v) is 17.1. The molecule has 3 aliphatic rings. The number of esters is 4. The van der Waals surface area contributed by atoms with Crippen molar-refractivity contribution in [3.05, 3.63) is 0 Å². The van der Waals surface area contributed by atoms with Crippen LogP contribution in [-0.4, -0.2) is 86.7 Å². The maximum absolute atomic E-state index is 13.4. The molecule has 3 N–H and O–H groups in total. The number of carbonyl (C=O) groups is 4. The summed E-state index contributed by atoms with van der Waals surface area (Å²) in [6.45, 7) is 13.2. The molecule has 0 bridgehead atoms. The third kappa shape index (κ3) is 7.39. The minimum absolute atomic E-state index is 0.0163. The molecule has 264 valence electrons. The molecule has 1 saturated heterocycles. The number of ether oxygens (including phenoxy) is 5. The standard InChI is InChI=1S/C34H56O12/c1-9-12-13-14-15-17-24(37)43-28-26-25(20(5)27(28)44-30(38)19(4)11-3)29-34(41,33(8,40)31(39)45-29)22(42-23(36)16-10-2)18-32(26,7)46-21(6)35/h19-20,22,25-29,31,39-41H,9-18H2,1-8H3/t19-,20+,22+,25-,26-,27+,28+,29+,31-,32+,33-,34-/m1/s1. The quantitative estimate of drug-likeness (QED) is 0.141. The fraction of sp³-hybridized carbons (Fsp3) is 0.882. The van der Waals surface area contributed by atoms with Gasteiger partial charge in [-0.3, -0.25) is 19.2 Å². The first kappa shape index (κ1) is 38.2. The van der Waals surface area contributed by atoms with Crippen LogP contribution in [0, 0.1) is 23.7 Å². The Morgan fingerprint density at radius 3 is 2.11 bits per heavy atom. The molecule has 2 aliphatic carbocycles. The summed E-state index contributed by atoms with van der Waals surface area (Å²) in [4.78, 5) is 52.1. The third-order valence-corrected chi connectivity index (χ3v) is 10.5. The average molecular weight is 657 g/mol. The molecule has 0 radical (unpaired) electrons. The number of carbonyl (C=O) groups excluding carboxylic acids is 4. The van der Waals surface area contributed by atoms with Crippen LogP contribution >= 0.6 is 0 Å². The Kier molecular flexibility index (Phi) is 12.7. The highest BCUT2D eigenvalue weighted by molar-refractivity contribution is 5.73. The molecule has 3 rings (SSSR count). The van der Waals surface area contributed by atoms with E-state index >= 15 is 0 Å². The number of fused-ring (bicyclic) bond motifs is 3. The third-order valence-electron chi connectivity index (χ3n) is 10.5. The highest BCUT2D eigenvalue weighted by Gasteiger charge is 2.77. The van der Waals surface area contributed by atoms with Crippen LogP contribution in [0.2, 0.25) is 0 Å². The van der Waals surface area contributed by atoms with E-state index in [-0.39, 0.29) is 19.3 Å². The Bertz CT molecular complexity index is 1090. The van der Waals surface area contributed by atoms with Crippen LogP contribution in [0.1, 0.15) is 120 Å². The molecule has 0 aromatic heterocycles. The van der Waals surface area contributed by atoms with Crippen molar-refractivity contribution in [2.45, 2.75) is 167 Å². The van der Waals surface area contributed by atoms with Crippen molar-refractivity contribution in [2.75, 3.05) is 0 Å². The van der Waals surface area contributed by atoms with Crippen molar-refractivity contribution < 1.29 is 58.2 Å². The van der Waals surface area contributed by atoms with Gasteiger partial charge in [0.05, 0.1) is 12.0 Å². The zero-order valence-corrected chi connectivity index (χ0v) is 28.8. The first-order valence-electron chi connectivity index (χ1n) is 17.1. The summed E-state index contributed by atoms with van der Waals surface area (Å²) in [5.74, 6) is -5.40.